The van der Waals surface area contributed by atoms with Gasteiger partial charge in [-0.25, -0.2) is 0 Å². The third-order valence-corrected chi connectivity index (χ3v) is 5.29. The number of hydrogen-bond acceptors (Lipinski definition) is 6. The second kappa shape index (κ2) is 9.57. The highest BCUT2D eigenvalue weighted by Gasteiger charge is 2.15. The van der Waals surface area contributed by atoms with Crippen LogP contribution in [0, 0.1) is 6.92 Å². The maximum Gasteiger partial charge on any atom is 0.251 e. The van der Waals surface area contributed by atoms with Gasteiger partial charge in [-0.1, -0.05) is 23.9 Å². The topological polar surface area (TPSA) is 82.2 Å². The number of thioether (sulfide) groups is 1. The van der Waals surface area contributed by atoms with Gasteiger partial charge >= 0.3 is 0 Å². The van der Waals surface area contributed by atoms with Crippen LogP contribution in [0.25, 0.3) is 0 Å². The zero-order valence-corrected chi connectivity index (χ0v) is 17.0. The van der Waals surface area contributed by atoms with E-state index in [9.17, 15) is 4.79 Å². The van der Waals surface area contributed by atoms with E-state index in [0.717, 1.165) is 28.1 Å². The first-order chi connectivity index (χ1) is 13.6. The Labute approximate surface area is 168 Å². The van der Waals surface area contributed by atoms with E-state index in [2.05, 4.69) is 27.0 Å². The fourth-order valence-corrected chi connectivity index (χ4v) is 3.89. The van der Waals surface area contributed by atoms with Crippen LogP contribution < -0.4 is 5.32 Å². The summed E-state index contributed by atoms with van der Waals surface area (Å²) < 4.78 is 12.6. The normalized spacial score (nSPS) is 12.1. The summed E-state index contributed by atoms with van der Waals surface area (Å²) in [5, 5.41) is 12.2. The number of furan rings is 1. The van der Waals surface area contributed by atoms with Crippen LogP contribution in [0.2, 0.25) is 0 Å². The van der Waals surface area contributed by atoms with Gasteiger partial charge in [0.15, 0.2) is 5.16 Å². The number of aryl methyl sites for hydroxylation is 1. The smallest absolute Gasteiger partial charge is 0.251 e. The molecule has 1 aromatic carbocycles. The number of ether oxygens (including phenoxy) is 1. The van der Waals surface area contributed by atoms with Gasteiger partial charge in [0.25, 0.3) is 5.91 Å². The molecule has 7 nitrogen and oxygen atoms in total. The largest absolute Gasteiger partial charge is 0.467 e. The number of rotatable bonds is 9. The summed E-state index contributed by atoms with van der Waals surface area (Å²) in [7, 11) is 1.69. The predicted molar refractivity (Wildman–Crippen MR) is 107 cm³/mol. The van der Waals surface area contributed by atoms with Crippen LogP contribution in [0.1, 0.15) is 40.5 Å². The van der Waals surface area contributed by atoms with E-state index in [1.807, 2.05) is 37.3 Å². The van der Waals surface area contributed by atoms with E-state index in [-0.39, 0.29) is 11.9 Å². The lowest BCUT2D eigenvalue weighted by Crippen LogP contribution is -2.22. The Bertz CT molecular complexity index is 891. The van der Waals surface area contributed by atoms with Crippen molar-refractivity contribution in [3.63, 3.8) is 0 Å². The SMILES string of the molecule is COCC(C)n1c(C)nnc1SCc1ccc(C(=O)NCc2ccco2)cc1. The van der Waals surface area contributed by atoms with E-state index in [4.69, 9.17) is 9.15 Å². The quantitative estimate of drug-likeness (QED) is 0.553. The van der Waals surface area contributed by atoms with Gasteiger partial charge in [-0.15, -0.1) is 10.2 Å². The zero-order chi connectivity index (χ0) is 19.9. The summed E-state index contributed by atoms with van der Waals surface area (Å²) in [6, 6.07) is 11.4. The Morgan fingerprint density at radius 2 is 2.07 bits per heavy atom. The van der Waals surface area contributed by atoms with Gasteiger partial charge in [0.1, 0.15) is 11.6 Å². The van der Waals surface area contributed by atoms with Crippen molar-refractivity contribution in [2.45, 2.75) is 37.3 Å². The Balaban J connectivity index is 1.57. The average molecular weight is 401 g/mol. The fourth-order valence-electron chi connectivity index (χ4n) is 2.85. The summed E-state index contributed by atoms with van der Waals surface area (Å²) in [4.78, 5) is 12.2. The minimum absolute atomic E-state index is 0.126. The molecule has 0 aliphatic heterocycles. The predicted octanol–water partition coefficient (Wildman–Crippen LogP) is 3.61. The van der Waals surface area contributed by atoms with Crippen molar-refractivity contribution in [1.29, 1.82) is 0 Å². The molecule has 0 fully saturated rings. The third-order valence-electron chi connectivity index (χ3n) is 4.27. The van der Waals surface area contributed by atoms with Crippen LogP contribution >= 0.6 is 11.8 Å². The molecule has 0 aliphatic carbocycles. The first-order valence-corrected chi connectivity index (χ1v) is 9.99. The molecular weight excluding hydrogens is 376 g/mol. The molecule has 0 bridgehead atoms. The minimum Gasteiger partial charge on any atom is -0.467 e. The molecule has 1 amide bonds. The summed E-state index contributed by atoms with van der Waals surface area (Å²) in [6.45, 7) is 5.01. The Morgan fingerprint density at radius 3 is 2.75 bits per heavy atom. The summed E-state index contributed by atoms with van der Waals surface area (Å²) in [6.07, 6.45) is 1.59. The molecule has 0 saturated carbocycles. The average Bonchev–Trinajstić information content (AvgIpc) is 3.34. The molecular formula is C20H24N4O3S. The molecule has 3 aromatic rings. The Hall–Kier alpha value is -2.58. The number of hydrogen-bond donors (Lipinski definition) is 1. The molecule has 3 rings (SSSR count). The summed E-state index contributed by atoms with van der Waals surface area (Å²) >= 11 is 1.62. The van der Waals surface area contributed by atoms with Gasteiger partial charge < -0.3 is 19.0 Å². The van der Waals surface area contributed by atoms with E-state index in [1.54, 1.807) is 31.2 Å². The number of nitrogens with zero attached hydrogens (tertiary/aromatic N) is 3. The third kappa shape index (κ3) is 5.02. The maximum absolute atomic E-state index is 12.2. The molecule has 8 heteroatoms. The zero-order valence-electron chi connectivity index (χ0n) is 16.2. The van der Waals surface area contributed by atoms with Crippen molar-refractivity contribution in [2.24, 2.45) is 0 Å². The molecule has 0 saturated heterocycles. The van der Waals surface area contributed by atoms with Crippen molar-refractivity contribution in [3.05, 3.63) is 65.4 Å². The van der Waals surface area contributed by atoms with Crippen LogP contribution in [0.3, 0.4) is 0 Å². The highest BCUT2D eigenvalue weighted by atomic mass is 32.2. The molecule has 28 heavy (non-hydrogen) atoms. The van der Waals surface area contributed by atoms with E-state index in [1.165, 1.54) is 0 Å². The van der Waals surface area contributed by atoms with Gasteiger partial charge in [0, 0.05) is 18.4 Å². The van der Waals surface area contributed by atoms with Crippen molar-refractivity contribution in [1.82, 2.24) is 20.1 Å². The first-order valence-electron chi connectivity index (χ1n) is 9.01. The lowest BCUT2D eigenvalue weighted by atomic mass is 10.1. The number of nitrogens with one attached hydrogen (secondary N) is 1. The Kier molecular flexibility index (Phi) is 6.89. The molecule has 1 unspecified atom stereocenters. The molecule has 1 atom stereocenters. The second-order valence-electron chi connectivity index (χ2n) is 6.45. The number of aromatic nitrogens is 3. The van der Waals surface area contributed by atoms with Crippen molar-refractivity contribution >= 4 is 17.7 Å². The first kappa shape index (κ1) is 20.2. The summed E-state index contributed by atoms with van der Waals surface area (Å²) in [5.74, 6) is 2.21. The summed E-state index contributed by atoms with van der Waals surface area (Å²) in [5.41, 5.74) is 1.73. The van der Waals surface area contributed by atoms with Crippen molar-refractivity contribution in [2.75, 3.05) is 13.7 Å². The van der Waals surface area contributed by atoms with E-state index < -0.39 is 0 Å². The highest BCUT2D eigenvalue weighted by molar-refractivity contribution is 7.98. The van der Waals surface area contributed by atoms with Crippen LogP contribution in [-0.4, -0.2) is 34.4 Å². The minimum atomic E-state index is -0.126. The Morgan fingerprint density at radius 1 is 1.29 bits per heavy atom. The van der Waals surface area contributed by atoms with E-state index >= 15 is 0 Å². The standard InChI is InChI=1S/C20H24N4O3S/c1-14(12-26-3)24-15(2)22-23-20(24)28-13-16-6-8-17(9-7-16)19(25)21-11-18-5-4-10-27-18/h4-10,14H,11-13H2,1-3H3,(H,21,25). The van der Waals surface area contributed by atoms with Crippen molar-refractivity contribution in [3.8, 4) is 0 Å². The van der Waals surface area contributed by atoms with Gasteiger partial charge in [-0.2, -0.15) is 0 Å². The molecule has 2 aromatic heterocycles. The van der Waals surface area contributed by atoms with Gasteiger partial charge in [0.2, 0.25) is 0 Å². The van der Waals surface area contributed by atoms with Crippen LogP contribution in [-0.2, 0) is 17.0 Å². The van der Waals surface area contributed by atoms with Crippen LogP contribution in [0.15, 0.2) is 52.2 Å². The molecule has 2 heterocycles. The highest BCUT2D eigenvalue weighted by Crippen LogP contribution is 2.25. The number of benzene rings is 1. The lowest BCUT2D eigenvalue weighted by Gasteiger charge is -2.15. The maximum atomic E-state index is 12.2. The molecule has 148 valence electrons. The van der Waals surface area contributed by atoms with Crippen LogP contribution in [0.5, 0.6) is 0 Å². The van der Waals surface area contributed by atoms with E-state index in [0.29, 0.717) is 18.7 Å². The molecule has 0 aliphatic rings. The van der Waals surface area contributed by atoms with Gasteiger partial charge in [-0.3, -0.25) is 4.79 Å². The number of carbonyl (C=O) groups excluding carboxylic acids is 1. The second-order valence-corrected chi connectivity index (χ2v) is 7.39. The lowest BCUT2D eigenvalue weighted by molar-refractivity contribution is 0.0948. The van der Waals surface area contributed by atoms with Gasteiger partial charge in [-0.05, 0) is 43.7 Å². The molecule has 0 radical (unpaired) electrons. The number of methoxy groups -OCH3 is 1. The van der Waals surface area contributed by atoms with Gasteiger partial charge in [0.05, 0.1) is 25.5 Å². The monoisotopic (exact) mass is 400 g/mol. The number of amides is 1. The molecule has 0 spiro atoms. The van der Waals surface area contributed by atoms with Crippen LogP contribution in [0.4, 0.5) is 0 Å². The fraction of sp³-hybridized carbons (Fsp3) is 0.350. The number of carbonyl (C=O) groups is 1. The molecule has 1 N–H and O–H groups in total. The van der Waals surface area contributed by atoms with Crippen molar-refractivity contribution < 1.29 is 13.9 Å².